The summed E-state index contributed by atoms with van der Waals surface area (Å²) in [5.41, 5.74) is -3.35. The van der Waals surface area contributed by atoms with Crippen molar-refractivity contribution >= 4 is 17.4 Å². The second-order valence-electron chi connectivity index (χ2n) is 4.26. The summed E-state index contributed by atoms with van der Waals surface area (Å²) < 4.78 is 36.5. The normalized spacial score (nSPS) is 20.7. The Balaban J connectivity index is 1.90. The third kappa shape index (κ3) is 4.42. The molecule has 0 amide bonds. The summed E-state index contributed by atoms with van der Waals surface area (Å²) in [7, 11) is 0. The van der Waals surface area contributed by atoms with Crippen molar-refractivity contribution < 1.29 is 13.2 Å². The van der Waals surface area contributed by atoms with Crippen LogP contribution in [0.4, 0.5) is 18.9 Å². The third-order valence-corrected chi connectivity index (χ3v) is 3.49. The van der Waals surface area contributed by atoms with Gasteiger partial charge in [-0.05, 0) is 55.4 Å². The molecule has 0 bridgehead atoms. The summed E-state index contributed by atoms with van der Waals surface area (Å²) in [5.74, 6) is 0. The van der Waals surface area contributed by atoms with Gasteiger partial charge in [0.15, 0.2) is 0 Å². The predicted octanol–water partition coefficient (Wildman–Crippen LogP) is 3.46. The fourth-order valence-corrected chi connectivity index (χ4v) is 2.50. The Kier molecular flexibility index (Phi) is 4.40. The van der Waals surface area contributed by atoms with E-state index in [0.29, 0.717) is 6.04 Å². The molecule has 2 rings (SSSR count). The molecule has 0 spiro atoms. The number of piperidine rings is 1. The minimum absolute atomic E-state index is 0.0846. The van der Waals surface area contributed by atoms with Crippen LogP contribution in [0.25, 0.3) is 0 Å². The van der Waals surface area contributed by atoms with Crippen molar-refractivity contribution in [1.82, 2.24) is 5.32 Å². The molecule has 6 heteroatoms. The monoisotopic (exact) mass is 276 g/mol. The Labute approximate surface area is 108 Å². The average molecular weight is 276 g/mol. The van der Waals surface area contributed by atoms with Gasteiger partial charge in [0.1, 0.15) is 0 Å². The van der Waals surface area contributed by atoms with E-state index in [2.05, 4.69) is 10.6 Å². The molecule has 2 N–H and O–H groups in total. The highest BCUT2D eigenvalue weighted by atomic mass is 32.2. The summed E-state index contributed by atoms with van der Waals surface area (Å²) in [6.45, 7) is 1.94. The van der Waals surface area contributed by atoms with Crippen LogP contribution < -0.4 is 10.6 Å². The quantitative estimate of drug-likeness (QED) is 0.827. The molecule has 1 fully saturated rings. The molecular formula is C12H15F3N2S. The number of rotatable bonds is 3. The first kappa shape index (κ1) is 13.5. The number of anilines is 1. The number of nitrogens with one attached hydrogen (secondary N) is 2. The average Bonchev–Trinajstić information content (AvgIpc) is 2.31. The highest BCUT2D eigenvalue weighted by molar-refractivity contribution is 8.00. The van der Waals surface area contributed by atoms with Crippen molar-refractivity contribution in [1.29, 1.82) is 0 Å². The lowest BCUT2D eigenvalue weighted by Crippen LogP contribution is -2.38. The van der Waals surface area contributed by atoms with Gasteiger partial charge in [-0.2, -0.15) is 13.2 Å². The Hall–Kier alpha value is -0.880. The Morgan fingerprint density at radius 2 is 1.94 bits per heavy atom. The van der Waals surface area contributed by atoms with Crippen LogP contribution in [0, 0.1) is 0 Å². The van der Waals surface area contributed by atoms with Gasteiger partial charge in [0.25, 0.3) is 0 Å². The molecular weight excluding hydrogens is 261 g/mol. The number of thioether (sulfide) groups is 1. The maximum atomic E-state index is 12.2. The molecule has 0 aromatic heterocycles. The predicted molar refractivity (Wildman–Crippen MR) is 67.9 cm³/mol. The van der Waals surface area contributed by atoms with Crippen LogP contribution >= 0.6 is 11.8 Å². The van der Waals surface area contributed by atoms with Crippen molar-refractivity contribution in [2.24, 2.45) is 0 Å². The Morgan fingerprint density at radius 3 is 2.50 bits per heavy atom. The number of halogens is 3. The maximum Gasteiger partial charge on any atom is 0.446 e. The van der Waals surface area contributed by atoms with E-state index in [-0.39, 0.29) is 16.7 Å². The molecule has 1 aromatic carbocycles. The molecule has 0 saturated carbocycles. The minimum atomic E-state index is -4.22. The zero-order chi connectivity index (χ0) is 13.0. The molecule has 1 heterocycles. The molecule has 0 aliphatic carbocycles. The smallest absolute Gasteiger partial charge is 0.381 e. The molecule has 1 saturated heterocycles. The van der Waals surface area contributed by atoms with Gasteiger partial charge in [0.2, 0.25) is 0 Å². The van der Waals surface area contributed by atoms with E-state index >= 15 is 0 Å². The zero-order valence-corrected chi connectivity index (χ0v) is 10.6. The van der Waals surface area contributed by atoms with Crippen LogP contribution in [0.5, 0.6) is 0 Å². The molecule has 2 nitrogen and oxygen atoms in total. The molecule has 100 valence electrons. The topological polar surface area (TPSA) is 24.1 Å². The van der Waals surface area contributed by atoms with E-state index < -0.39 is 5.51 Å². The van der Waals surface area contributed by atoms with Gasteiger partial charge in [0, 0.05) is 23.2 Å². The summed E-state index contributed by atoms with van der Waals surface area (Å²) in [6.07, 6.45) is 2.21. The summed E-state index contributed by atoms with van der Waals surface area (Å²) in [5, 5.41) is 6.60. The number of hydrogen-bond acceptors (Lipinski definition) is 3. The van der Waals surface area contributed by atoms with Gasteiger partial charge in [0.05, 0.1) is 0 Å². The SMILES string of the molecule is FC(F)(F)Sc1ccc(NC2CCCNC2)cc1. The summed E-state index contributed by atoms with van der Waals surface area (Å²) >= 11 is -0.0846. The van der Waals surface area contributed by atoms with Crippen LogP contribution in [-0.2, 0) is 0 Å². The van der Waals surface area contributed by atoms with E-state index in [1.807, 2.05) is 0 Å². The summed E-state index contributed by atoms with van der Waals surface area (Å²) in [4.78, 5) is 0.217. The van der Waals surface area contributed by atoms with E-state index in [0.717, 1.165) is 31.6 Å². The highest BCUT2D eigenvalue weighted by Gasteiger charge is 2.29. The highest BCUT2D eigenvalue weighted by Crippen LogP contribution is 2.37. The van der Waals surface area contributed by atoms with Crippen LogP contribution in [0.2, 0.25) is 0 Å². The second-order valence-corrected chi connectivity index (χ2v) is 5.40. The van der Waals surface area contributed by atoms with Crippen molar-refractivity contribution in [3.05, 3.63) is 24.3 Å². The number of alkyl halides is 3. The number of hydrogen-bond donors (Lipinski definition) is 2. The molecule has 1 aliphatic rings. The summed E-state index contributed by atoms with van der Waals surface area (Å²) in [6, 6.07) is 6.75. The van der Waals surface area contributed by atoms with Gasteiger partial charge in [-0.15, -0.1) is 0 Å². The molecule has 18 heavy (non-hydrogen) atoms. The minimum Gasteiger partial charge on any atom is -0.381 e. The Bertz CT molecular complexity index is 372. The van der Waals surface area contributed by atoms with Crippen molar-refractivity contribution in [2.45, 2.75) is 29.3 Å². The van der Waals surface area contributed by atoms with Crippen molar-refractivity contribution in [3.8, 4) is 0 Å². The van der Waals surface area contributed by atoms with E-state index in [1.165, 1.54) is 12.1 Å². The second kappa shape index (κ2) is 5.84. The first-order valence-corrected chi connectivity index (χ1v) is 6.68. The van der Waals surface area contributed by atoms with Crippen LogP contribution in [0.15, 0.2) is 29.2 Å². The molecule has 1 aromatic rings. The lowest BCUT2D eigenvalue weighted by molar-refractivity contribution is -0.0328. The fraction of sp³-hybridized carbons (Fsp3) is 0.500. The molecule has 1 atom stereocenters. The van der Waals surface area contributed by atoms with Gasteiger partial charge in [-0.1, -0.05) is 0 Å². The Morgan fingerprint density at radius 1 is 1.22 bits per heavy atom. The first-order valence-electron chi connectivity index (χ1n) is 5.86. The van der Waals surface area contributed by atoms with Crippen LogP contribution in [0.1, 0.15) is 12.8 Å². The van der Waals surface area contributed by atoms with Gasteiger partial charge in [-0.25, -0.2) is 0 Å². The van der Waals surface area contributed by atoms with E-state index in [4.69, 9.17) is 0 Å². The lowest BCUT2D eigenvalue weighted by atomic mass is 10.1. The van der Waals surface area contributed by atoms with Gasteiger partial charge in [-0.3, -0.25) is 0 Å². The van der Waals surface area contributed by atoms with E-state index in [1.54, 1.807) is 12.1 Å². The molecule has 1 unspecified atom stereocenters. The zero-order valence-electron chi connectivity index (χ0n) is 9.76. The van der Waals surface area contributed by atoms with Crippen molar-refractivity contribution in [3.63, 3.8) is 0 Å². The maximum absolute atomic E-state index is 12.2. The van der Waals surface area contributed by atoms with Crippen molar-refractivity contribution in [2.75, 3.05) is 18.4 Å². The van der Waals surface area contributed by atoms with E-state index in [9.17, 15) is 13.2 Å². The largest absolute Gasteiger partial charge is 0.446 e. The lowest BCUT2D eigenvalue weighted by Gasteiger charge is -2.24. The van der Waals surface area contributed by atoms with Crippen LogP contribution in [-0.4, -0.2) is 24.6 Å². The molecule has 0 radical (unpaired) electrons. The van der Waals surface area contributed by atoms with Gasteiger partial charge < -0.3 is 10.6 Å². The van der Waals surface area contributed by atoms with Crippen LogP contribution in [0.3, 0.4) is 0 Å². The fourth-order valence-electron chi connectivity index (χ4n) is 1.96. The third-order valence-electron chi connectivity index (χ3n) is 2.76. The first-order chi connectivity index (χ1) is 8.53. The molecule has 1 aliphatic heterocycles. The van der Waals surface area contributed by atoms with Gasteiger partial charge >= 0.3 is 5.51 Å². The standard InChI is InChI=1S/C12H15F3N2S/c13-12(14,15)18-11-5-3-9(4-6-11)17-10-2-1-7-16-8-10/h3-6,10,16-17H,1-2,7-8H2. The number of benzene rings is 1.